The van der Waals surface area contributed by atoms with Crippen molar-refractivity contribution in [2.45, 2.75) is 24.9 Å². The summed E-state index contributed by atoms with van der Waals surface area (Å²) in [7, 11) is 0. The van der Waals surface area contributed by atoms with Crippen LogP contribution in [0, 0.1) is 22.7 Å². The molecule has 0 spiro atoms. The Balaban J connectivity index is 1.72. The van der Waals surface area contributed by atoms with E-state index >= 15 is 0 Å². The molecule has 6 heteroatoms. The van der Waals surface area contributed by atoms with Crippen molar-refractivity contribution in [3.63, 3.8) is 0 Å². The van der Waals surface area contributed by atoms with Gasteiger partial charge in [-0.1, -0.05) is 0 Å². The number of piperazine rings is 1. The molecule has 1 aromatic heterocycles. The molecule has 1 atom stereocenters. The number of hydrogen-bond acceptors (Lipinski definition) is 6. The zero-order valence-electron chi connectivity index (χ0n) is 10.5. The van der Waals surface area contributed by atoms with Gasteiger partial charge >= 0.3 is 0 Å². The molecular weight excluding hydrogens is 240 g/mol. The molecule has 1 saturated heterocycles. The van der Waals surface area contributed by atoms with Gasteiger partial charge in [-0.15, -0.1) is 0 Å². The standard InChI is InChI=1S/C13H14N6/c14-5-10-7-17-13(8-16-10)18-3-4-19(11-1-2-11)12(6-15)9-18/h7-8,11-12H,1-4,9H2. The number of nitriles is 2. The van der Waals surface area contributed by atoms with Gasteiger partial charge in [-0.25, -0.2) is 9.97 Å². The topological polar surface area (TPSA) is 79.8 Å². The fourth-order valence-electron chi connectivity index (χ4n) is 2.51. The Morgan fingerprint density at radius 2 is 2.00 bits per heavy atom. The number of rotatable bonds is 2. The maximum absolute atomic E-state index is 9.29. The van der Waals surface area contributed by atoms with Gasteiger partial charge < -0.3 is 4.90 Å². The minimum Gasteiger partial charge on any atom is -0.351 e. The quantitative estimate of drug-likeness (QED) is 0.765. The van der Waals surface area contributed by atoms with Gasteiger partial charge in [-0.05, 0) is 12.8 Å². The molecule has 19 heavy (non-hydrogen) atoms. The van der Waals surface area contributed by atoms with Gasteiger partial charge in [0, 0.05) is 25.7 Å². The third kappa shape index (κ3) is 2.35. The van der Waals surface area contributed by atoms with E-state index in [0.29, 0.717) is 18.3 Å². The summed E-state index contributed by atoms with van der Waals surface area (Å²) in [5.74, 6) is 0.745. The van der Waals surface area contributed by atoms with E-state index in [0.717, 1.165) is 18.9 Å². The van der Waals surface area contributed by atoms with Gasteiger partial charge in [0.05, 0.1) is 18.5 Å². The van der Waals surface area contributed by atoms with Crippen LogP contribution >= 0.6 is 0 Å². The second-order valence-corrected chi connectivity index (χ2v) is 4.93. The fourth-order valence-corrected chi connectivity index (χ4v) is 2.51. The lowest BCUT2D eigenvalue weighted by molar-refractivity contribution is 0.203. The molecule has 1 aliphatic heterocycles. The average Bonchev–Trinajstić information content (AvgIpc) is 3.31. The van der Waals surface area contributed by atoms with E-state index in [1.807, 2.05) is 6.07 Å². The summed E-state index contributed by atoms with van der Waals surface area (Å²) in [6.45, 7) is 2.41. The Hall–Kier alpha value is -2.18. The highest BCUT2D eigenvalue weighted by atomic mass is 15.3. The summed E-state index contributed by atoms with van der Waals surface area (Å²) in [5, 5.41) is 18.0. The molecule has 1 aliphatic carbocycles. The molecular formula is C13H14N6. The van der Waals surface area contributed by atoms with Crippen molar-refractivity contribution in [1.82, 2.24) is 14.9 Å². The average molecular weight is 254 g/mol. The molecule has 0 bridgehead atoms. The highest BCUT2D eigenvalue weighted by Gasteiger charge is 2.37. The second-order valence-electron chi connectivity index (χ2n) is 4.93. The van der Waals surface area contributed by atoms with E-state index < -0.39 is 0 Å². The van der Waals surface area contributed by atoms with E-state index in [9.17, 15) is 5.26 Å². The van der Waals surface area contributed by atoms with E-state index in [4.69, 9.17) is 5.26 Å². The SMILES string of the molecule is N#Cc1cnc(N2CCN(C3CC3)C(C#N)C2)cn1. The zero-order chi connectivity index (χ0) is 13.2. The van der Waals surface area contributed by atoms with Gasteiger partial charge in [-0.2, -0.15) is 10.5 Å². The van der Waals surface area contributed by atoms with Crippen LogP contribution in [0.1, 0.15) is 18.5 Å². The number of aromatic nitrogens is 2. The maximum Gasteiger partial charge on any atom is 0.158 e. The van der Waals surface area contributed by atoms with Gasteiger partial charge in [-0.3, -0.25) is 4.90 Å². The largest absolute Gasteiger partial charge is 0.351 e. The molecule has 1 saturated carbocycles. The smallest absolute Gasteiger partial charge is 0.158 e. The zero-order valence-corrected chi connectivity index (χ0v) is 10.5. The van der Waals surface area contributed by atoms with Gasteiger partial charge in [0.2, 0.25) is 0 Å². The van der Waals surface area contributed by atoms with Crippen molar-refractivity contribution >= 4 is 5.82 Å². The van der Waals surface area contributed by atoms with Crippen LogP contribution in [-0.2, 0) is 0 Å². The molecule has 1 aromatic rings. The lowest BCUT2D eigenvalue weighted by atomic mass is 10.2. The fraction of sp³-hybridized carbons (Fsp3) is 0.538. The van der Waals surface area contributed by atoms with Crippen LogP contribution in [-0.4, -0.2) is 46.6 Å². The molecule has 1 unspecified atom stereocenters. The van der Waals surface area contributed by atoms with Crippen molar-refractivity contribution in [1.29, 1.82) is 10.5 Å². The molecule has 0 aromatic carbocycles. The van der Waals surface area contributed by atoms with Crippen molar-refractivity contribution in [2.24, 2.45) is 0 Å². The Morgan fingerprint density at radius 3 is 2.58 bits per heavy atom. The van der Waals surface area contributed by atoms with E-state index in [2.05, 4.69) is 25.8 Å². The van der Waals surface area contributed by atoms with Gasteiger partial charge in [0.15, 0.2) is 5.69 Å². The van der Waals surface area contributed by atoms with Gasteiger partial charge in [0.1, 0.15) is 17.9 Å². The molecule has 2 aliphatic rings. The number of anilines is 1. The first-order chi connectivity index (χ1) is 9.31. The van der Waals surface area contributed by atoms with Crippen LogP contribution in [0.2, 0.25) is 0 Å². The van der Waals surface area contributed by atoms with E-state index in [1.165, 1.54) is 19.0 Å². The highest BCUT2D eigenvalue weighted by Crippen LogP contribution is 2.30. The Morgan fingerprint density at radius 1 is 1.16 bits per heavy atom. The summed E-state index contributed by atoms with van der Waals surface area (Å²) in [6, 6.07) is 4.88. The molecule has 2 fully saturated rings. The normalized spacial score (nSPS) is 23.7. The van der Waals surface area contributed by atoms with Crippen molar-refractivity contribution in [3.05, 3.63) is 18.1 Å². The summed E-state index contributed by atoms with van der Waals surface area (Å²) in [5.41, 5.74) is 0.317. The molecule has 0 amide bonds. The van der Waals surface area contributed by atoms with Crippen molar-refractivity contribution in [2.75, 3.05) is 24.5 Å². The summed E-state index contributed by atoms with van der Waals surface area (Å²) in [4.78, 5) is 12.6. The monoisotopic (exact) mass is 254 g/mol. The number of nitrogens with zero attached hydrogens (tertiary/aromatic N) is 6. The van der Waals surface area contributed by atoms with E-state index in [1.54, 1.807) is 6.20 Å². The van der Waals surface area contributed by atoms with Crippen LogP contribution in [0.5, 0.6) is 0 Å². The second kappa shape index (κ2) is 4.83. The molecule has 0 N–H and O–H groups in total. The highest BCUT2D eigenvalue weighted by molar-refractivity contribution is 5.39. The first kappa shape index (κ1) is 11.9. The van der Waals surface area contributed by atoms with Crippen molar-refractivity contribution < 1.29 is 0 Å². The predicted molar refractivity (Wildman–Crippen MR) is 68.1 cm³/mol. The third-order valence-corrected chi connectivity index (χ3v) is 3.66. The first-order valence-electron chi connectivity index (χ1n) is 6.44. The van der Waals surface area contributed by atoms with Crippen LogP contribution in [0.3, 0.4) is 0 Å². The van der Waals surface area contributed by atoms with Crippen LogP contribution in [0.25, 0.3) is 0 Å². The lowest BCUT2D eigenvalue weighted by Gasteiger charge is -2.38. The van der Waals surface area contributed by atoms with E-state index in [-0.39, 0.29) is 6.04 Å². The minimum absolute atomic E-state index is 0.0707. The first-order valence-corrected chi connectivity index (χ1v) is 6.44. The Bertz CT molecular complexity index is 536. The third-order valence-electron chi connectivity index (χ3n) is 3.66. The van der Waals surface area contributed by atoms with Crippen molar-refractivity contribution in [3.8, 4) is 12.1 Å². The summed E-state index contributed by atoms with van der Waals surface area (Å²) in [6.07, 6.45) is 5.52. The molecule has 0 radical (unpaired) electrons. The molecule has 2 heterocycles. The lowest BCUT2D eigenvalue weighted by Crippen LogP contribution is -2.53. The predicted octanol–water partition coefficient (Wildman–Crippen LogP) is 0.525. The van der Waals surface area contributed by atoms with Crippen LogP contribution in [0.4, 0.5) is 5.82 Å². The maximum atomic E-state index is 9.29. The summed E-state index contributed by atoms with van der Waals surface area (Å²) >= 11 is 0. The Kier molecular flexibility index (Phi) is 3.02. The van der Waals surface area contributed by atoms with Crippen LogP contribution < -0.4 is 4.90 Å². The minimum atomic E-state index is -0.0707. The molecule has 96 valence electrons. The molecule has 6 nitrogen and oxygen atoms in total. The van der Waals surface area contributed by atoms with Crippen LogP contribution in [0.15, 0.2) is 12.4 Å². The van der Waals surface area contributed by atoms with Gasteiger partial charge in [0.25, 0.3) is 0 Å². The Labute approximate surface area is 111 Å². The number of hydrogen-bond donors (Lipinski definition) is 0. The molecule has 3 rings (SSSR count). The summed E-state index contributed by atoms with van der Waals surface area (Å²) < 4.78 is 0.